The van der Waals surface area contributed by atoms with Crippen LogP contribution in [0, 0.1) is 6.92 Å². The van der Waals surface area contributed by atoms with Crippen LogP contribution in [0.2, 0.25) is 0 Å². The molecule has 0 unspecified atom stereocenters. The van der Waals surface area contributed by atoms with E-state index in [1.54, 1.807) is 11.8 Å². The Labute approximate surface area is 108 Å². The van der Waals surface area contributed by atoms with Crippen LogP contribution in [-0.2, 0) is 16.3 Å². The van der Waals surface area contributed by atoms with Gasteiger partial charge in [0, 0.05) is 16.9 Å². The van der Waals surface area contributed by atoms with Gasteiger partial charge in [-0.05, 0) is 31.5 Å². The number of sulfone groups is 1. The van der Waals surface area contributed by atoms with Crippen molar-refractivity contribution in [2.75, 3.05) is 24.3 Å². The van der Waals surface area contributed by atoms with Gasteiger partial charge in [0.2, 0.25) is 0 Å². The molecule has 3 nitrogen and oxygen atoms in total. The van der Waals surface area contributed by atoms with Crippen molar-refractivity contribution in [1.29, 1.82) is 0 Å². The van der Waals surface area contributed by atoms with Crippen molar-refractivity contribution < 1.29 is 8.42 Å². The summed E-state index contributed by atoms with van der Waals surface area (Å²) < 4.78 is 22.1. The number of hydrogen-bond acceptors (Lipinski definition) is 4. The summed E-state index contributed by atoms with van der Waals surface area (Å²) in [5.74, 6) is 0.813. The first-order valence-electron chi connectivity index (χ1n) is 5.52. The second-order valence-corrected chi connectivity index (χ2v) is 7.52. The average Bonchev–Trinajstić information content (AvgIpc) is 2.20. The summed E-state index contributed by atoms with van der Waals surface area (Å²) in [6, 6.07) is 6.21. The molecule has 1 aromatic carbocycles. The number of rotatable bonds is 6. The van der Waals surface area contributed by atoms with E-state index in [4.69, 9.17) is 5.73 Å². The molecule has 0 atom stereocenters. The fraction of sp³-hybridized carbons (Fsp3) is 0.500. The normalized spacial score (nSPS) is 11.7. The molecule has 1 rings (SSSR count). The van der Waals surface area contributed by atoms with Crippen LogP contribution in [0.1, 0.15) is 11.1 Å². The van der Waals surface area contributed by atoms with Gasteiger partial charge in [0.25, 0.3) is 0 Å². The smallest absolute Gasteiger partial charge is 0.148 e. The monoisotopic (exact) mass is 273 g/mol. The molecule has 96 valence electrons. The molecule has 2 N–H and O–H groups in total. The van der Waals surface area contributed by atoms with Crippen LogP contribution >= 0.6 is 11.8 Å². The highest BCUT2D eigenvalue weighted by atomic mass is 32.2. The van der Waals surface area contributed by atoms with Gasteiger partial charge in [-0.1, -0.05) is 17.7 Å². The SMILES string of the molecule is Cc1ccc(SCCS(C)(=O)=O)c(CCN)c1. The number of benzene rings is 1. The molecule has 0 saturated heterocycles. The maximum Gasteiger partial charge on any atom is 0.148 e. The minimum atomic E-state index is -2.87. The van der Waals surface area contributed by atoms with E-state index in [1.165, 1.54) is 17.4 Å². The fourth-order valence-electron chi connectivity index (χ4n) is 1.50. The van der Waals surface area contributed by atoms with Crippen molar-refractivity contribution >= 4 is 21.6 Å². The predicted octanol–water partition coefficient (Wildman–Crippen LogP) is 1.63. The third kappa shape index (κ3) is 5.57. The van der Waals surface area contributed by atoms with Crippen LogP contribution in [0.15, 0.2) is 23.1 Å². The van der Waals surface area contributed by atoms with Gasteiger partial charge in [0.05, 0.1) is 5.75 Å². The highest BCUT2D eigenvalue weighted by molar-refractivity contribution is 8.00. The Morgan fingerprint density at radius 2 is 2.06 bits per heavy atom. The zero-order valence-electron chi connectivity index (χ0n) is 10.3. The van der Waals surface area contributed by atoms with E-state index in [0.29, 0.717) is 12.3 Å². The van der Waals surface area contributed by atoms with Gasteiger partial charge in [-0.25, -0.2) is 8.42 Å². The van der Waals surface area contributed by atoms with E-state index in [2.05, 4.69) is 6.07 Å². The molecule has 0 heterocycles. The molecule has 0 aromatic heterocycles. The second-order valence-electron chi connectivity index (χ2n) is 4.13. The lowest BCUT2D eigenvalue weighted by atomic mass is 10.1. The van der Waals surface area contributed by atoms with Crippen LogP contribution in [0.3, 0.4) is 0 Å². The van der Waals surface area contributed by atoms with E-state index in [-0.39, 0.29) is 5.75 Å². The van der Waals surface area contributed by atoms with Gasteiger partial charge in [-0.3, -0.25) is 0 Å². The van der Waals surface area contributed by atoms with Crippen molar-refractivity contribution in [3.63, 3.8) is 0 Å². The molecular formula is C12H19NO2S2. The van der Waals surface area contributed by atoms with E-state index in [0.717, 1.165) is 11.3 Å². The minimum absolute atomic E-state index is 0.216. The zero-order chi connectivity index (χ0) is 12.9. The van der Waals surface area contributed by atoms with Gasteiger partial charge < -0.3 is 5.73 Å². The fourth-order valence-corrected chi connectivity index (χ4v) is 3.78. The van der Waals surface area contributed by atoms with Gasteiger partial charge in [-0.2, -0.15) is 0 Å². The van der Waals surface area contributed by atoms with Crippen molar-refractivity contribution in [1.82, 2.24) is 0 Å². The molecule has 0 saturated carbocycles. The molecule has 5 heteroatoms. The van der Waals surface area contributed by atoms with Gasteiger partial charge >= 0.3 is 0 Å². The van der Waals surface area contributed by atoms with E-state index >= 15 is 0 Å². The predicted molar refractivity (Wildman–Crippen MR) is 74.4 cm³/mol. The van der Waals surface area contributed by atoms with Crippen LogP contribution in [0.5, 0.6) is 0 Å². The summed E-state index contributed by atoms with van der Waals surface area (Å²) in [5.41, 5.74) is 8.00. The quantitative estimate of drug-likeness (QED) is 0.800. The van der Waals surface area contributed by atoms with Gasteiger partial charge in [0.15, 0.2) is 0 Å². The molecule has 0 aliphatic carbocycles. The van der Waals surface area contributed by atoms with Gasteiger partial charge in [-0.15, -0.1) is 11.8 Å². The zero-order valence-corrected chi connectivity index (χ0v) is 11.9. The summed E-state index contributed by atoms with van der Waals surface area (Å²) in [4.78, 5) is 1.14. The Balaban J connectivity index is 2.69. The molecule has 0 amide bonds. The van der Waals surface area contributed by atoms with E-state index < -0.39 is 9.84 Å². The minimum Gasteiger partial charge on any atom is -0.330 e. The highest BCUT2D eigenvalue weighted by Gasteiger charge is 2.06. The van der Waals surface area contributed by atoms with Crippen LogP contribution < -0.4 is 5.73 Å². The van der Waals surface area contributed by atoms with Gasteiger partial charge in [0.1, 0.15) is 9.84 Å². The van der Waals surface area contributed by atoms with Crippen LogP contribution in [-0.4, -0.2) is 32.7 Å². The first kappa shape index (κ1) is 14.5. The van der Waals surface area contributed by atoms with Crippen LogP contribution in [0.25, 0.3) is 0 Å². The lowest BCUT2D eigenvalue weighted by Gasteiger charge is -2.09. The third-order valence-electron chi connectivity index (χ3n) is 2.34. The highest BCUT2D eigenvalue weighted by Crippen LogP contribution is 2.24. The maximum atomic E-state index is 11.1. The number of nitrogens with two attached hydrogens (primary N) is 1. The topological polar surface area (TPSA) is 60.2 Å². The summed E-state index contributed by atoms with van der Waals surface area (Å²) in [6.45, 7) is 2.66. The van der Waals surface area contributed by atoms with Crippen molar-refractivity contribution in [2.45, 2.75) is 18.2 Å². The molecule has 0 radical (unpaired) electrons. The summed E-state index contributed by atoms with van der Waals surface area (Å²) >= 11 is 1.59. The number of aryl methyl sites for hydroxylation is 1. The summed E-state index contributed by atoms with van der Waals surface area (Å²) in [5, 5.41) is 0. The first-order valence-corrected chi connectivity index (χ1v) is 8.57. The average molecular weight is 273 g/mol. The van der Waals surface area contributed by atoms with Crippen molar-refractivity contribution in [2.24, 2.45) is 5.73 Å². The van der Waals surface area contributed by atoms with E-state index in [9.17, 15) is 8.42 Å². The largest absolute Gasteiger partial charge is 0.330 e. The van der Waals surface area contributed by atoms with Crippen molar-refractivity contribution in [3.05, 3.63) is 29.3 Å². The molecule has 0 aliphatic heterocycles. The first-order chi connectivity index (χ1) is 7.92. The molecule has 0 bridgehead atoms. The van der Waals surface area contributed by atoms with Crippen molar-refractivity contribution in [3.8, 4) is 0 Å². The standard InChI is InChI=1S/C12H19NO2S2/c1-10-3-4-12(11(9-10)5-6-13)16-7-8-17(2,14)15/h3-4,9H,5-8,13H2,1-2H3. The number of hydrogen-bond donors (Lipinski definition) is 1. The second kappa shape index (κ2) is 6.42. The lowest BCUT2D eigenvalue weighted by Crippen LogP contribution is -2.07. The number of thioether (sulfide) groups is 1. The maximum absolute atomic E-state index is 11.1. The Bertz CT molecular complexity index is 469. The molecule has 0 fully saturated rings. The van der Waals surface area contributed by atoms with Crippen LogP contribution in [0.4, 0.5) is 0 Å². The molecule has 0 spiro atoms. The Morgan fingerprint density at radius 3 is 2.65 bits per heavy atom. The Kier molecular flexibility index (Phi) is 5.49. The molecular weight excluding hydrogens is 254 g/mol. The third-order valence-corrected chi connectivity index (χ3v) is 4.66. The summed E-state index contributed by atoms with van der Waals surface area (Å²) in [6.07, 6.45) is 2.10. The Hall–Kier alpha value is -0.520. The lowest BCUT2D eigenvalue weighted by molar-refractivity contribution is 0.603. The molecule has 0 aliphatic rings. The Morgan fingerprint density at radius 1 is 1.35 bits per heavy atom. The molecule has 1 aromatic rings. The van der Waals surface area contributed by atoms with E-state index in [1.807, 2.05) is 19.1 Å². The molecule has 17 heavy (non-hydrogen) atoms. The summed E-state index contributed by atoms with van der Waals surface area (Å²) in [7, 11) is -2.87.